The number of rotatable bonds is 5. The average Bonchev–Trinajstić information content (AvgIpc) is 1.99. The highest BCUT2D eigenvalue weighted by atomic mass is 32.2. The lowest BCUT2D eigenvalue weighted by Crippen LogP contribution is -2.40. The highest BCUT2D eigenvalue weighted by Gasteiger charge is 2.25. The predicted octanol–water partition coefficient (Wildman–Crippen LogP) is 1.05. The predicted molar refractivity (Wildman–Crippen MR) is 56.6 cm³/mol. The van der Waals surface area contributed by atoms with Crippen molar-refractivity contribution < 1.29 is 8.42 Å². The molecule has 0 aromatic heterocycles. The van der Waals surface area contributed by atoms with Crippen molar-refractivity contribution in [3.05, 3.63) is 0 Å². The molecule has 2 atom stereocenters. The molecule has 0 aliphatic carbocycles. The Kier molecular flexibility index (Phi) is 4.92. The van der Waals surface area contributed by atoms with E-state index in [4.69, 9.17) is 0 Å². The van der Waals surface area contributed by atoms with Crippen LogP contribution in [0.1, 0.15) is 27.7 Å². The molecule has 0 saturated heterocycles. The molecule has 0 radical (unpaired) electrons. The van der Waals surface area contributed by atoms with E-state index >= 15 is 0 Å². The SMILES string of the molecule is CNC(C)C(C)S(=O)(=O)CC(C)C. The molecule has 0 heterocycles. The fraction of sp³-hybridized carbons (Fsp3) is 1.00. The minimum absolute atomic E-state index is 0.0174. The zero-order valence-corrected chi connectivity index (χ0v) is 9.98. The van der Waals surface area contributed by atoms with Gasteiger partial charge in [0.1, 0.15) is 0 Å². The van der Waals surface area contributed by atoms with Crippen molar-refractivity contribution in [3.8, 4) is 0 Å². The van der Waals surface area contributed by atoms with Crippen LogP contribution in [0.15, 0.2) is 0 Å². The van der Waals surface area contributed by atoms with Crippen molar-refractivity contribution in [3.63, 3.8) is 0 Å². The second kappa shape index (κ2) is 4.96. The third-order valence-corrected chi connectivity index (χ3v) is 4.96. The first kappa shape index (κ1) is 12.9. The Morgan fingerprint density at radius 2 is 1.62 bits per heavy atom. The molecule has 0 spiro atoms. The van der Waals surface area contributed by atoms with E-state index < -0.39 is 9.84 Å². The third-order valence-electron chi connectivity index (χ3n) is 2.29. The minimum atomic E-state index is -2.93. The molecular weight excluding hydrogens is 186 g/mol. The van der Waals surface area contributed by atoms with Crippen LogP contribution in [0, 0.1) is 5.92 Å². The Hall–Kier alpha value is -0.0900. The summed E-state index contributed by atoms with van der Waals surface area (Å²) in [4.78, 5) is 0. The van der Waals surface area contributed by atoms with Crippen molar-refractivity contribution in [2.45, 2.75) is 39.0 Å². The van der Waals surface area contributed by atoms with Crippen molar-refractivity contribution in [1.29, 1.82) is 0 Å². The second-order valence-corrected chi connectivity index (χ2v) is 6.41. The molecule has 0 aromatic rings. The monoisotopic (exact) mass is 207 g/mol. The van der Waals surface area contributed by atoms with Crippen molar-refractivity contribution in [2.24, 2.45) is 5.92 Å². The molecule has 0 aromatic carbocycles. The van der Waals surface area contributed by atoms with E-state index in [1.54, 1.807) is 14.0 Å². The maximum atomic E-state index is 11.7. The summed E-state index contributed by atoms with van der Waals surface area (Å²) in [7, 11) is -1.15. The molecular formula is C9H21NO2S. The maximum Gasteiger partial charge on any atom is 0.154 e. The molecule has 0 aliphatic rings. The van der Waals surface area contributed by atoms with Gasteiger partial charge in [-0.05, 0) is 26.8 Å². The number of hydrogen-bond acceptors (Lipinski definition) is 3. The van der Waals surface area contributed by atoms with E-state index in [9.17, 15) is 8.42 Å². The Morgan fingerprint density at radius 3 is 1.92 bits per heavy atom. The van der Waals surface area contributed by atoms with Crippen LogP contribution in [0.4, 0.5) is 0 Å². The molecule has 0 aliphatic heterocycles. The van der Waals surface area contributed by atoms with Gasteiger partial charge in [-0.25, -0.2) is 8.42 Å². The van der Waals surface area contributed by atoms with Crippen molar-refractivity contribution in [2.75, 3.05) is 12.8 Å². The largest absolute Gasteiger partial charge is 0.316 e. The van der Waals surface area contributed by atoms with Gasteiger partial charge in [0.25, 0.3) is 0 Å². The number of hydrogen-bond donors (Lipinski definition) is 1. The lowest BCUT2D eigenvalue weighted by atomic mass is 10.2. The van der Waals surface area contributed by atoms with Crippen LogP contribution in [-0.2, 0) is 9.84 Å². The van der Waals surface area contributed by atoms with Gasteiger partial charge in [0.05, 0.1) is 11.0 Å². The van der Waals surface area contributed by atoms with Gasteiger partial charge in [0, 0.05) is 6.04 Å². The van der Waals surface area contributed by atoms with E-state index in [0.29, 0.717) is 0 Å². The summed E-state index contributed by atoms with van der Waals surface area (Å²) in [6.07, 6.45) is 0. The average molecular weight is 207 g/mol. The molecule has 1 N–H and O–H groups in total. The third kappa shape index (κ3) is 4.09. The summed E-state index contributed by atoms with van der Waals surface area (Å²) in [5.41, 5.74) is 0. The first-order chi connectivity index (χ1) is 5.81. The minimum Gasteiger partial charge on any atom is -0.316 e. The molecule has 13 heavy (non-hydrogen) atoms. The fourth-order valence-corrected chi connectivity index (χ4v) is 3.15. The first-order valence-corrected chi connectivity index (χ1v) is 6.41. The van der Waals surface area contributed by atoms with Gasteiger partial charge in [-0.15, -0.1) is 0 Å². The summed E-state index contributed by atoms with van der Waals surface area (Å²) < 4.78 is 23.4. The van der Waals surface area contributed by atoms with E-state index in [0.717, 1.165) is 0 Å². The van der Waals surface area contributed by atoms with Gasteiger partial charge in [-0.3, -0.25) is 0 Å². The number of nitrogens with one attached hydrogen (secondary N) is 1. The highest BCUT2D eigenvalue weighted by Crippen LogP contribution is 2.10. The van der Waals surface area contributed by atoms with Gasteiger partial charge in [-0.1, -0.05) is 13.8 Å². The summed E-state index contributed by atoms with van der Waals surface area (Å²) in [6.45, 7) is 7.50. The summed E-state index contributed by atoms with van der Waals surface area (Å²) in [5.74, 6) is 0.483. The molecule has 4 heteroatoms. The summed E-state index contributed by atoms with van der Waals surface area (Å²) in [5, 5.41) is 2.66. The van der Waals surface area contributed by atoms with Gasteiger partial charge in [-0.2, -0.15) is 0 Å². The normalized spacial score (nSPS) is 17.4. The molecule has 80 valence electrons. The summed E-state index contributed by atoms with van der Waals surface area (Å²) >= 11 is 0. The lowest BCUT2D eigenvalue weighted by molar-refractivity contribution is 0.531. The smallest absolute Gasteiger partial charge is 0.154 e. The van der Waals surface area contributed by atoms with E-state index in [-0.39, 0.29) is 23.0 Å². The Labute approximate surface area is 81.8 Å². The van der Waals surface area contributed by atoms with Crippen LogP contribution >= 0.6 is 0 Å². The fourth-order valence-electron chi connectivity index (χ4n) is 1.16. The molecule has 2 unspecified atom stereocenters. The molecule has 0 bridgehead atoms. The first-order valence-electron chi connectivity index (χ1n) is 4.70. The molecule has 0 amide bonds. The molecule has 3 nitrogen and oxygen atoms in total. The lowest BCUT2D eigenvalue weighted by Gasteiger charge is -2.20. The van der Waals surface area contributed by atoms with Gasteiger partial charge in [0.15, 0.2) is 9.84 Å². The zero-order valence-electron chi connectivity index (χ0n) is 9.16. The Bertz CT molecular complexity index is 234. The number of sulfone groups is 1. The van der Waals surface area contributed by atoms with E-state index in [1.807, 2.05) is 20.8 Å². The van der Waals surface area contributed by atoms with Crippen LogP contribution in [0.5, 0.6) is 0 Å². The quantitative estimate of drug-likeness (QED) is 0.733. The van der Waals surface area contributed by atoms with Crippen molar-refractivity contribution >= 4 is 9.84 Å². The molecule has 0 rings (SSSR count). The van der Waals surface area contributed by atoms with Gasteiger partial charge >= 0.3 is 0 Å². The molecule has 0 fully saturated rings. The van der Waals surface area contributed by atoms with Crippen LogP contribution < -0.4 is 5.32 Å². The van der Waals surface area contributed by atoms with Crippen LogP contribution in [0.2, 0.25) is 0 Å². The maximum absolute atomic E-state index is 11.7. The van der Waals surface area contributed by atoms with Crippen LogP contribution in [0.25, 0.3) is 0 Å². The Morgan fingerprint density at radius 1 is 1.15 bits per heavy atom. The second-order valence-electron chi connectivity index (χ2n) is 4.01. The van der Waals surface area contributed by atoms with Crippen molar-refractivity contribution in [1.82, 2.24) is 5.32 Å². The highest BCUT2D eigenvalue weighted by molar-refractivity contribution is 7.92. The zero-order chi connectivity index (χ0) is 10.6. The molecule has 0 saturated carbocycles. The summed E-state index contributed by atoms with van der Waals surface area (Å²) in [6, 6.07) is 0.0174. The van der Waals surface area contributed by atoms with Gasteiger partial charge in [0.2, 0.25) is 0 Å². The van der Waals surface area contributed by atoms with Crippen LogP contribution in [0.3, 0.4) is 0 Å². The van der Waals surface area contributed by atoms with E-state index in [1.165, 1.54) is 0 Å². The topological polar surface area (TPSA) is 46.2 Å². The Balaban J connectivity index is 4.46. The van der Waals surface area contributed by atoms with E-state index in [2.05, 4.69) is 5.32 Å². The van der Waals surface area contributed by atoms with Crippen LogP contribution in [-0.4, -0.2) is 32.5 Å². The standard InChI is InChI=1S/C9H21NO2S/c1-7(2)6-13(11,12)9(4)8(3)10-5/h7-10H,6H2,1-5H3. The van der Waals surface area contributed by atoms with Gasteiger partial charge < -0.3 is 5.32 Å².